The van der Waals surface area contributed by atoms with Crippen LogP contribution in [-0.2, 0) is 20.8 Å². The van der Waals surface area contributed by atoms with Crippen LogP contribution >= 0.6 is 0 Å². The van der Waals surface area contributed by atoms with Gasteiger partial charge in [0.25, 0.3) is 0 Å². The van der Waals surface area contributed by atoms with Gasteiger partial charge in [-0.2, -0.15) is 0 Å². The summed E-state index contributed by atoms with van der Waals surface area (Å²) in [6.45, 7) is 1.97. The second-order valence-electron chi connectivity index (χ2n) is 5.50. The molecule has 2 aliphatic heterocycles. The smallest absolute Gasteiger partial charge is 0.158 e. The van der Waals surface area contributed by atoms with Crippen LogP contribution < -0.4 is 0 Å². The molecule has 3 unspecified atom stereocenters. The summed E-state index contributed by atoms with van der Waals surface area (Å²) < 4.78 is 16.9. The van der Waals surface area contributed by atoms with E-state index in [1.807, 2.05) is 18.2 Å². The molecule has 2 aliphatic rings. The van der Waals surface area contributed by atoms with Crippen molar-refractivity contribution in [2.75, 3.05) is 13.2 Å². The van der Waals surface area contributed by atoms with Crippen molar-refractivity contribution in [3.8, 4) is 0 Å². The maximum absolute atomic E-state index is 9.89. The van der Waals surface area contributed by atoms with Crippen molar-refractivity contribution in [3.63, 3.8) is 0 Å². The molecule has 2 fully saturated rings. The van der Waals surface area contributed by atoms with Gasteiger partial charge in [-0.05, 0) is 36.8 Å². The van der Waals surface area contributed by atoms with Gasteiger partial charge in [0.2, 0.25) is 0 Å². The number of ether oxygens (including phenoxy) is 3. The Kier molecular flexibility index (Phi) is 4.68. The molecule has 0 bridgehead atoms. The number of rotatable bonds is 4. The molecule has 4 heteroatoms. The zero-order valence-corrected chi connectivity index (χ0v) is 11.7. The average molecular weight is 278 g/mol. The van der Waals surface area contributed by atoms with Crippen molar-refractivity contribution in [3.05, 3.63) is 35.4 Å². The van der Waals surface area contributed by atoms with E-state index in [9.17, 15) is 5.11 Å². The molecule has 0 radical (unpaired) electrons. The molecule has 110 valence electrons. The minimum Gasteiger partial charge on any atom is -0.390 e. The summed E-state index contributed by atoms with van der Waals surface area (Å²) in [5, 5.41) is 9.89. The van der Waals surface area contributed by atoms with Crippen LogP contribution in [0.4, 0.5) is 0 Å². The second-order valence-corrected chi connectivity index (χ2v) is 5.50. The Hall–Kier alpha value is -0.940. The highest BCUT2D eigenvalue weighted by molar-refractivity contribution is 5.26. The summed E-state index contributed by atoms with van der Waals surface area (Å²) in [6.07, 6.45) is 3.33. The highest BCUT2D eigenvalue weighted by Gasteiger charge is 2.27. The predicted octanol–water partition coefficient (Wildman–Crippen LogP) is 2.55. The van der Waals surface area contributed by atoms with E-state index >= 15 is 0 Å². The fourth-order valence-corrected chi connectivity index (χ4v) is 2.79. The first-order valence-electron chi connectivity index (χ1n) is 7.44. The van der Waals surface area contributed by atoms with Crippen molar-refractivity contribution < 1.29 is 19.3 Å². The fourth-order valence-electron chi connectivity index (χ4n) is 2.79. The Morgan fingerprint density at radius 3 is 2.85 bits per heavy atom. The van der Waals surface area contributed by atoms with Crippen molar-refractivity contribution >= 4 is 0 Å². The molecule has 3 rings (SSSR count). The lowest BCUT2D eigenvalue weighted by molar-refractivity contribution is -0.168. The van der Waals surface area contributed by atoms with Gasteiger partial charge in [0.05, 0.1) is 19.3 Å². The third kappa shape index (κ3) is 3.38. The van der Waals surface area contributed by atoms with Gasteiger partial charge >= 0.3 is 0 Å². The lowest BCUT2D eigenvalue weighted by atomic mass is 10.0. The zero-order chi connectivity index (χ0) is 13.8. The Bertz CT molecular complexity index is 428. The minimum atomic E-state index is -0.396. The Balaban J connectivity index is 1.59. The van der Waals surface area contributed by atoms with Gasteiger partial charge in [-0.25, -0.2) is 0 Å². The molecule has 4 nitrogen and oxygen atoms in total. The quantitative estimate of drug-likeness (QED) is 0.919. The number of hydrogen-bond acceptors (Lipinski definition) is 4. The van der Waals surface area contributed by atoms with Crippen molar-refractivity contribution in [1.82, 2.24) is 0 Å². The molecule has 1 aromatic carbocycles. The molecular formula is C16H22O4. The summed E-state index contributed by atoms with van der Waals surface area (Å²) in [4.78, 5) is 0. The highest BCUT2D eigenvalue weighted by Crippen LogP contribution is 2.29. The molecule has 0 amide bonds. The molecule has 1 N–H and O–H groups in total. The van der Waals surface area contributed by atoms with Crippen molar-refractivity contribution in [2.45, 2.75) is 50.8 Å². The summed E-state index contributed by atoms with van der Waals surface area (Å²) in [6, 6.07) is 8.08. The third-order valence-corrected chi connectivity index (χ3v) is 3.91. The maximum Gasteiger partial charge on any atom is 0.158 e. The molecular weight excluding hydrogens is 256 g/mol. The zero-order valence-electron chi connectivity index (χ0n) is 11.7. The van der Waals surface area contributed by atoms with Crippen LogP contribution in [0.15, 0.2) is 24.3 Å². The number of benzene rings is 1. The first kappa shape index (κ1) is 14.0. The van der Waals surface area contributed by atoms with Crippen LogP contribution in [0.3, 0.4) is 0 Å². The minimum absolute atomic E-state index is 0.0688. The number of aliphatic hydroxyl groups excluding tert-OH is 1. The summed E-state index contributed by atoms with van der Waals surface area (Å²) in [5.41, 5.74) is 2.13. The monoisotopic (exact) mass is 278 g/mol. The van der Waals surface area contributed by atoms with Crippen molar-refractivity contribution in [2.24, 2.45) is 0 Å². The van der Waals surface area contributed by atoms with Crippen LogP contribution in [0.2, 0.25) is 0 Å². The van der Waals surface area contributed by atoms with Crippen molar-refractivity contribution in [1.29, 1.82) is 0 Å². The van der Waals surface area contributed by atoms with Crippen LogP contribution in [-0.4, -0.2) is 30.7 Å². The molecule has 2 heterocycles. The van der Waals surface area contributed by atoms with E-state index in [2.05, 4.69) is 6.07 Å². The van der Waals surface area contributed by atoms with Gasteiger partial charge < -0.3 is 19.3 Å². The van der Waals surface area contributed by atoms with Gasteiger partial charge in [0.15, 0.2) is 6.29 Å². The molecule has 1 aromatic rings. The van der Waals surface area contributed by atoms with Gasteiger partial charge in [-0.1, -0.05) is 24.3 Å². The Morgan fingerprint density at radius 2 is 2.10 bits per heavy atom. The standard InChI is InChI=1S/C16H22O4/c17-14-7-9-19-16(14)13-5-3-4-12(10-13)11-20-15-6-1-2-8-18-15/h3-5,10,14-17H,1-2,6-9,11H2. The van der Waals surface area contributed by atoms with Gasteiger partial charge in [0.1, 0.15) is 6.10 Å². The van der Waals surface area contributed by atoms with Crippen LogP contribution in [0.5, 0.6) is 0 Å². The van der Waals surface area contributed by atoms with E-state index in [1.54, 1.807) is 0 Å². The average Bonchev–Trinajstić information content (AvgIpc) is 2.93. The highest BCUT2D eigenvalue weighted by atomic mass is 16.7. The lowest BCUT2D eigenvalue weighted by Gasteiger charge is -2.23. The van der Waals surface area contributed by atoms with E-state index in [4.69, 9.17) is 14.2 Å². The van der Waals surface area contributed by atoms with Crippen LogP contribution in [0.25, 0.3) is 0 Å². The molecule has 0 saturated carbocycles. The van der Waals surface area contributed by atoms with E-state index in [-0.39, 0.29) is 12.4 Å². The summed E-state index contributed by atoms with van der Waals surface area (Å²) in [5.74, 6) is 0. The van der Waals surface area contributed by atoms with Gasteiger partial charge in [-0.15, -0.1) is 0 Å². The van der Waals surface area contributed by atoms with E-state index in [0.717, 1.165) is 30.6 Å². The van der Waals surface area contributed by atoms with E-state index in [1.165, 1.54) is 6.42 Å². The largest absolute Gasteiger partial charge is 0.390 e. The number of hydrogen-bond donors (Lipinski definition) is 1. The normalized spacial score (nSPS) is 30.6. The second kappa shape index (κ2) is 6.68. The molecule has 2 saturated heterocycles. The Labute approximate surface area is 119 Å². The van der Waals surface area contributed by atoms with Crippen LogP contribution in [0.1, 0.15) is 42.9 Å². The van der Waals surface area contributed by atoms with Gasteiger partial charge in [-0.3, -0.25) is 0 Å². The first-order valence-corrected chi connectivity index (χ1v) is 7.44. The molecule has 20 heavy (non-hydrogen) atoms. The molecule has 0 aromatic heterocycles. The molecule has 0 spiro atoms. The van der Waals surface area contributed by atoms with Crippen LogP contribution in [0, 0.1) is 0 Å². The summed E-state index contributed by atoms with van der Waals surface area (Å²) in [7, 11) is 0. The van der Waals surface area contributed by atoms with E-state index < -0.39 is 6.10 Å². The predicted molar refractivity (Wildman–Crippen MR) is 74.1 cm³/mol. The first-order chi connectivity index (χ1) is 9.83. The Morgan fingerprint density at radius 1 is 1.15 bits per heavy atom. The summed E-state index contributed by atoms with van der Waals surface area (Å²) >= 11 is 0. The SMILES string of the molecule is OC1CCOC1c1cccc(COC2CCCCO2)c1. The van der Waals surface area contributed by atoms with E-state index in [0.29, 0.717) is 19.6 Å². The maximum atomic E-state index is 9.89. The molecule has 0 aliphatic carbocycles. The third-order valence-electron chi connectivity index (χ3n) is 3.91. The topological polar surface area (TPSA) is 47.9 Å². The lowest BCUT2D eigenvalue weighted by Crippen LogP contribution is -2.22. The fraction of sp³-hybridized carbons (Fsp3) is 0.625. The van der Waals surface area contributed by atoms with Gasteiger partial charge in [0, 0.05) is 6.61 Å². The molecule has 3 atom stereocenters. The number of aliphatic hydroxyl groups is 1.